The topological polar surface area (TPSA) is 86.7 Å². The zero-order valence-corrected chi connectivity index (χ0v) is 17.2. The number of carboxylic acids is 1. The van der Waals surface area contributed by atoms with Gasteiger partial charge in [0.2, 0.25) is 0 Å². The number of aromatic nitrogens is 1. The summed E-state index contributed by atoms with van der Waals surface area (Å²) in [6.45, 7) is 3.33. The van der Waals surface area contributed by atoms with Crippen LogP contribution in [0.2, 0.25) is 0 Å². The normalized spacial score (nSPS) is 13.6. The van der Waals surface area contributed by atoms with Crippen LogP contribution in [0.25, 0.3) is 0 Å². The van der Waals surface area contributed by atoms with E-state index in [4.69, 9.17) is 4.74 Å². The number of fused-ring (bicyclic) bond motifs is 1. The van der Waals surface area contributed by atoms with Gasteiger partial charge >= 0.3 is 5.97 Å². The lowest BCUT2D eigenvalue weighted by atomic mass is 9.99. The monoisotopic (exact) mass is 418 g/mol. The Kier molecular flexibility index (Phi) is 6.52. The van der Waals surface area contributed by atoms with E-state index in [0.29, 0.717) is 13.2 Å². The molecule has 31 heavy (non-hydrogen) atoms. The van der Waals surface area contributed by atoms with Gasteiger partial charge in [0.05, 0.1) is 18.2 Å². The van der Waals surface area contributed by atoms with Crippen LogP contribution in [-0.2, 0) is 4.79 Å². The second-order valence-electron chi connectivity index (χ2n) is 7.34. The summed E-state index contributed by atoms with van der Waals surface area (Å²) in [4.78, 5) is 18.3. The van der Waals surface area contributed by atoms with E-state index >= 15 is 0 Å². The predicted octanol–water partition coefficient (Wildman–Crippen LogP) is 3.67. The number of nitrogens with zero attached hydrogens (tertiary/aromatic N) is 2. The molecule has 0 radical (unpaired) electrons. The van der Waals surface area contributed by atoms with Crippen molar-refractivity contribution in [3.63, 3.8) is 0 Å². The van der Waals surface area contributed by atoms with Crippen LogP contribution in [0.4, 0.5) is 17.2 Å². The molecule has 0 saturated carbocycles. The van der Waals surface area contributed by atoms with Gasteiger partial charge < -0.3 is 25.4 Å². The lowest BCUT2D eigenvalue weighted by Gasteiger charge is -2.31. The molecule has 0 saturated heterocycles. The molecule has 1 aliphatic heterocycles. The van der Waals surface area contributed by atoms with Crippen molar-refractivity contribution in [3.8, 4) is 5.75 Å². The summed E-state index contributed by atoms with van der Waals surface area (Å²) < 4.78 is 5.87. The van der Waals surface area contributed by atoms with Gasteiger partial charge in [-0.3, -0.25) is 4.79 Å². The van der Waals surface area contributed by atoms with Crippen molar-refractivity contribution in [1.29, 1.82) is 0 Å². The summed E-state index contributed by atoms with van der Waals surface area (Å²) in [6, 6.07) is 21.0. The Labute approximate surface area is 181 Å². The van der Waals surface area contributed by atoms with E-state index in [2.05, 4.69) is 20.5 Å². The molecule has 1 atom stereocenters. The first-order chi connectivity index (χ1) is 15.2. The highest BCUT2D eigenvalue weighted by molar-refractivity contribution is 5.77. The lowest BCUT2D eigenvalue weighted by molar-refractivity contribution is -0.138. The summed E-state index contributed by atoms with van der Waals surface area (Å²) in [7, 11) is 0. The lowest BCUT2D eigenvalue weighted by Crippen LogP contribution is -2.36. The molecule has 0 fully saturated rings. The van der Waals surface area contributed by atoms with Crippen LogP contribution in [-0.4, -0.2) is 48.8 Å². The smallest absolute Gasteiger partial charge is 0.312 e. The fourth-order valence-electron chi connectivity index (χ4n) is 3.66. The third kappa shape index (κ3) is 5.25. The van der Waals surface area contributed by atoms with Gasteiger partial charge in [0.25, 0.3) is 0 Å². The Hall–Kier alpha value is -3.74. The highest BCUT2D eigenvalue weighted by Gasteiger charge is 2.21. The third-order valence-electron chi connectivity index (χ3n) is 5.28. The van der Waals surface area contributed by atoms with Crippen LogP contribution in [0.5, 0.6) is 5.75 Å². The Morgan fingerprint density at radius 3 is 2.71 bits per heavy atom. The van der Waals surface area contributed by atoms with Crippen molar-refractivity contribution >= 4 is 23.2 Å². The molecule has 2 heterocycles. The number of carbonyl (C=O) groups is 1. The van der Waals surface area contributed by atoms with E-state index in [9.17, 15) is 9.90 Å². The maximum atomic E-state index is 11.7. The first kappa shape index (κ1) is 20.5. The largest absolute Gasteiger partial charge is 0.489 e. The number of aliphatic carboxylic acids is 1. The van der Waals surface area contributed by atoms with Gasteiger partial charge in [-0.25, -0.2) is 4.98 Å². The Bertz CT molecular complexity index is 998. The third-order valence-corrected chi connectivity index (χ3v) is 5.28. The average Bonchev–Trinajstić information content (AvgIpc) is 2.80. The maximum absolute atomic E-state index is 11.7. The molecule has 3 N–H and O–H groups in total. The minimum atomic E-state index is -0.848. The standard InChI is InChI=1S/C24H26N4O3/c29-24(30)20(18-6-2-1-3-7-18)17-27-19-9-10-21-22(16-19)31-15-14-28(21)13-12-26-23-8-4-5-11-25-23/h1-11,16,20,27H,12-15,17H2,(H,25,26)(H,29,30). The Balaban J connectivity index is 1.38. The van der Waals surface area contributed by atoms with Gasteiger partial charge in [0.1, 0.15) is 18.2 Å². The predicted molar refractivity (Wildman–Crippen MR) is 122 cm³/mol. The van der Waals surface area contributed by atoms with Gasteiger partial charge in [-0.15, -0.1) is 0 Å². The number of rotatable bonds is 9. The molecule has 2 aromatic carbocycles. The van der Waals surface area contributed by atoms with Gasteiger partial charge in [-0.1, -0.05) is 36.4 Å². The van der Waals surface area contributed by atoms with E-state index in [1.54, 1.807) is 6.20 Å². The molecule has 7 nitrogen and oxygen atoms in total. The zero-order valence-electron chi connectivity index (χ0n) is 17.2. The molecule has 0 amide bonds. The highest BCUT2D eigenvalue weighted by Crippen LogP contribution is 2.34. The number of ether oxygens (including phenoxy) is 1. The van der Waals surface area contributed by atoms with Gasteiger partial charge in [0.15, 0.2) is 0 Å². The Morgan fingerprint density at radius 2 is 1.94 bits per heavy atom. The maximum Gasteiger partial charge on any atom is 0.312 e. The molecule has 0 bridgehead atoms. The fraction of sp³-hybridized carbons (Fsp3) is 0.250. The molecule has 0 spiro atoms. The van der Waals surface area contributed by atoms with Crippen molar-refractivity contribution in [1.82, 2.24) is 4.98 Å². The summed E-state index contributed by atoms with van der Waals surface area (Å²) in [5.74, 6) is 0.203. The van der Waals surface area contributed by atoms with Gasteiger partial charge in [-0.05, 0) is 29.8 Å². The average molecular weight is 418 g/mol. The number of pyridine rings is 1. The minimum Gasteiger partial charge on any atom is -0.489 e. The molecule has 0 aliphatic carbocycles. The Morgan fingerprint density at radius 1 is 1.10 bits per heavy atom. The molecule has 4 rings (SSSR count). The second-order valence-corrected chi connectivity index (χ2v) is 7.34. The second kappa shape index (κ2) is 9.84. The number of nitrogens with one attached hydrogen (secondary N) is 2. The SMILES string of the molecule is O=C(O)C(CNc1ccc2c(c1)OCCN2CCNc1ccccn1)c1ccccc1. The molecule has 3 aromatic rings. The van der Waals surface area contributed by atoms with E-state index < -0.39 is 11.9 Å². The molecular formula is C24H26N4O3. The van der Waals surface area contributed by atoms with Crippen molar-refractivity contribution in [2.45, 2.75) is 5.92 Å². The van der Waals surface area contributed by atoms with Gasteiger partial charge in [-0.2, -0.15) is 0 Å². The van der Waals surface area contributed by atoms with Crippen molar-refractivity contribution in [3.05, 3.63) is 78.5 Å². The number of anilines is 3. The molecule has 1 unspecified atom stereocenters. The summed E-state index contributed by atoms with van der Waals surface area (Å²) in [5.41, 5.74) is 2.66. The van der Waals surface area contributed by atoms with Crippen molar-refractivity contribution in [2.24, 2.45) is 0 Å². The van der Waals surface area contributed by atoms with Gasteiger partial charge in [0, 0.05) is 37.6 Å². The number of hydrogen-bond donors (Lipinski definition) is 3. The molecular weight excluding hydrogens is 392 g/mol. The highest BCUT2D eigenvalue weighted by atomic mass is 16.5. The van der Waals surface area contributed by atoms with Crippen LogP contribution in [0.1, 0.15) is 11.5 Å². The van der Waals surface area contributed by atoms with Crippen LogP contribution < -0.4 is 20.3 Å². The van der Waals surface area contributed by atoms with E-state index in [-0.39, 0.29) is 0 Å². The number of hydrogen-bond acceptors (Lipinski definition) is 6. The molecule has 1 aromatic heterocycles. The summed E-state index contributed by atoms with van der Waals surface area (Å²) in [6.07, 6.45) is 1.77. The van der Waals surface area contributed by atoms with Crippen LogP contribution in [0.3, 0.4) is 0 Å². The first-order valence-electron chi connectivity index (χ1n) is 10.4. The quantitative estimate of drug-likeness (QED) is 0.489. The summed E-state index contributed by atoms with van der Waals surface area (Å²) >= 11 is 0. The van der Waals surface area contributed by atoms with Crippen LogP contribution in [0, 0.1) is 0 Å². The van der Waals surface area contributed by atoms with E-state index in [0.717, 1.165) is 48.1 Å². The molecule has 7 heteroatoms. The number of benzene rings is 2. The number of carboxylic acid groups (broad SMARTS) is 1. The van der Waals surface area contributed by atoms with Crippen molar-refractivity contribution < 1.29 is 14.6 Å². The first-order valence-corrected chi connectivity index (χ1v) is 10.4. The fourth-order valence-corrected chi connectivity index (χ4v) is 3.66. The minimum absolute atomic E-state index is 0.301. The molecule has 160 valence electrons. The summed E-state index contributed by atoms with van der Waals surface area (Å²) in [5, 5.41) is 16.2. The zero-order chi connectivity index (χ0) is 21.5. The van der Waals surface area contributed by atoms with E-state index in [1.165, 1.54) is 0 Å². The van der Waals surface area contributed by atoms with Crippen molar-refractivity contribution in [2.75, 3.05) is 48.3 Å². The van der Waals surface area contributed by atoms with Crippen LogP contribution in [0.15, 0.2) is 72.9 Å². The van der Waals surface area contributed by atoms with E-state index in [1.807, 2.05) is 66.7 Å². The molecule has 1 aliphatic rings. The van der Waals surface area contributed by atoms with Crippen LogP contribution >= 0.6 is 0 Å².